The van der Waals surface area contributed by atoms with Gasteiger partial charge in [0.2, 0.25) is 0 Å². The Morgan fingerprint density at radius 2 is 2.10 bits per heavy atom. The van der Waals surface area contributed by atoms with Crippen molar-refractivity contribution in [2.45, 2.75) is 25.4 Å². The lowest BCUT2D eigenvalue weighted by Gasteiger charge is -2.10. The van der Waals surface area contributed by atoms with Gasteiger partial charge in [-0.1, -0.05) is 17.4 Å². The first-order chi connectivity index (χ1) is 9.81. The zero-order valence-electron chi connectivity index (χ0n) is 11.5. The lowest BCUT2D eigenvalue weighted by molar-refractivity contribution is 0.356. The van der Waals surface area contributed by atoms with Crippen molar-refractivity contribution in [2.75, 3.05) is 14.2 Å². The molecule has 0 radical (unpaired) electrons. The van der Waals surface area contributed by atoms with Crippen molar-refractivity contribution in [3.05, 3.63) is 23.2 Å². The summed E-state index contributed by atoms with van der Waals surface area (Å²) in [5, 5.41) is 13.8. The smallest absolute Gasteiger partial charge is 0.171 e. The molecule has 2 aromatic rings. The molecule has 1 heterocycles. The highest BCUT2D eigenvalue weighted by Gasteiger charge is 2.21. The fourth-order valence-corrected chi connectivity index (χ4v) is 2.82. The fourth-order valence-electron chi connectivity index (χ4n) is 2.01. The average molecular weight is 291 g/mol. The summed E-state index contributed by atoms with van der Waals surface area (Å²) in [7, 11) is 3.27. The van der Waals surface area contributed by atoms with Gasteiger partial charge in [-0.2, -0.15) is 0 Å². The Labute approximate surface area is 121 Å². The molecule has 1 aliphatic carbocycles. The van der Waals surface area contributed by atoms with Crippen LogP contribution in [0.4, 0.5) is 0 Å². The van der Waals surface area contributed by atoms with Crippen LogP contribution in [0.2, 0.25) is 0 Å². The maximum Gasteiger partial charge on any atom is 0.171 e. The van der Waals surface area contributed by atoms with E-state index in [0.717, 1.165) is 22.1 Å². The molecule has 0 aliphatic heterocycles. The van der Waals surface area contributed by atoms with E-state index in [1.165, 1.54) is 12.8 Å². The largest absolute Gasteiger partial charge is 0.493 e. The highest BCUT2D eigenvalue weighted by atomic mass is 32.1. The van der Waals surface area contributed by atoms with Crippen LogP contribution in [0.15, 0.2) is 18.2 Å². The number of para-hydroxylation sites is 1. The second kappa shape index (κ2) is 5.76. The molecule has 0 spiro atoms. The second-order valence-corrected chi connectivity index (χ2v) is 5.76. The minimum Gasteiger partial charge on any atom is -0.493 e. The third-order valence-corrected chi connectivity index (χ3v) is 4.18. The predicted molar refractivity (Wildman–Crippen MR) is 78.3 cm³/mol. The Kier molecular flexibility index (Phi) is 3.84. The number of nitrogens with one attached hydrogen (secondary N) is 1. The lowest BCUT2D eigenvalue weighted by atomic mass is 10.2. The van der Waals surface area contributed by atoms with Crippen LogP contribution in [0.25, 0.3) is 10.6 Å². The highest BCUT2D eigenvalue weighted by Crippen LogP contribution is 2.38. The van der Waals surface area contributed by atoms with Gasteiger partial charge in [0.25, 0.3) is 0 Å². The van der Waals surface area contributed by atoms with Gasteiger partial charge in [-0.05, 0) is 25.0 Å². The van der Waals surface area contributed by atoms with E-state index in [1.54, 1.807) is 25.6 Å². The van der Waals surface area contributed by atoms with E-state index >= 15 is 0 Å². The summed E-state index contributed by atoms with van der Waals surface area (Å²) in [6.07, 6.45) is 2.55. The van der Waals surface area contributed by atoms with Crippen LogP contribution in [-0.2, 0) is 6.54 Å². The van der Waals surface area contributed by atoms with Crippen molar-refractivity contribution in [1.29, 1.82) is 0 Å². The van der Waals surface area contributed by atoms with E-state index in [9.17, 15) is 0 Å². The Hall–Kier alpha value is -1.66. The summed E-state index contributed by atoms with van der Waals surface area (Å²) >= 11 is 1.58. The van der Waals surface area contributed by atoms with Crippen LogP contribution in [0, 0.1) is 0 Å². The molecular weight excluding hydrogens is 274 g/mol. The fraction of sp³-hybridized carbons (Fsp3) is 0.429. The number of benzene rings is 1. The van der Waals surface area contributed by atoms with Gasteiger partial charge in [0.1, 0.15) is 5.01 Å². The van der Waals surface area contributed by atoms with E-state index in [1.807, 2.05) is 18.2 Å². The van der Waals surface area contributed by atoms with E-state index in [4.69, 9.17) is 9.47 Å². The number of methoxy groups -OCH3 is 2. The molecule has 106 valence electrons. The van der Waals surface area contributed by atoms with Crippen LogP contribution >= 0.6 is 11.3 Å². The zero-order valence-corrected chi connectivity index (χ0v) is 12.4. The Morgan fingerprint density at radius 1 is 1.25 bits per heavy atom. The molecule has 20 heavy (non-hydrogen) atoms. The molecular formula is C14H17N3O2S. The van der Waals surface area contributed by atoms with Crippen LogP contribution in [-0.4, -0.2) is 30.5 Å². The SMILES string of the molecule is COc1cccc(-c2nnc(CNC3CC3)s2)c1OC. The number of nitrogens with zero attached hydrogens (tertiary/aromatic N) is 2. The first-order valence-electron chi connectivity index (χ1n) is 6.59. The van der Waals surface area contributed by atoms with Gasteiger partial charge >= 0.3 is 0 Å². The van der Waals surface area contributed by atoms with Crippen LogP contribution in [0.1, 0.15) is 17.8 Å². The second-order valence-electron chi connectivity index (χ2n) is 4.70. The highest BCUT2D eigenvalue weighted by molar-refractivity contribution is 7.14. The topological polar surface area (TPSA) is 56.3 Å². The van der Waals surface area contributed by atoms with Crippen molar-refractivity contribution >= 4 is 11.3 Å². The van der Waals surface area contributed by atoms with Gasteiger partial charge in [-0.25, -0.2) is 0 Å². The summed E-state index contributed by atoms with van der Waals surface area (Å²) < 4.78 is 10.7. The summed E-state index contributed by atoms with van der Waals surface area (Å²) in [5.41, 5.74) is 0.919. The molecule has 6 heteroatoms. The van der Waals surface area contributed by atoms with Crippen molar-refractivity contribution in [3.8, 4) is 22.1 Å². The molecule has 5 nitrogen and oxygen atoms in total. The Bertz CT molecular complexity index is 596. The van der Waals surface area contributed by atoms with Gasteiger partial charge < -0.3 is 14.8 Å². The van der Waals surface area contributed by atoms with E-state index in [-0.39, 0.29) is 0 Å². The molecule has 0 saturated heterocycles. The maximum absolute atomic E-state index is 5.44. The minimum absolute atomic E-state index is 0.675. The summed E-state index contributed by atoms with van der Waals surface area (Å²) in [6, 6.07) is 6.45. The normalized spacial score (nSPS) is 14.3. The van der Waals surface area contributed by atoms with Gasteiger partial charge in [0.15, 0.2) is 16.5 Å². The van der Waals surface area contributed by atoms with Crippen LogP contribution in [0.3, 0.4) is 0 Å². The molecule has 1 aromatic carbocycles. The quantitative estimate of drug-likeness (QED) is 0.886. The first-order valence-corrected chi connectivity index (χ1v) is 7.40. The van der Waals surface area contributed by atoms with Crippen molar-refractivity contribution in [2.24, 2.45) is 0 Å². The van der Waals surface area contributed by atoms with Crippen molar-refractivity contribution in [1.82, 2.24) is 15.5 Å². The molecule has 3 rings (SSSR count). The minimum atomic E-state index is 0.675. The molecule has 1 aromatic heterocycles. The van der Waals surface area contributed by atoms with Gasteiger partial charge in [-0.3, -0.25) is 0 Å². The number of ether oxygens (including phenoxy) is 2. The zero-order chi connectivity index (χ0) is 13.9. The summed E-state index contributed by atoms with van der Waals surface area (Å²) in [4.78, 5) is 0. The number of aromatic nitrogens is 2. The molecule has 1 aliphatic rings. The molecule has 1 N–H and O–H groups in total. The molecule has 0 amide bonds. The molecule has 0 bridgehead atoms. The van der Waals surface area contributed by atoms with Gasteiger partial charge in [0, 0.05) is 12.6 Å². The van der Waals surface area contributed by atoms with Crippen LogP contribution < -0.4 is 14.8 Å². The van der Waals surface area contributed by atoms with E-state index < -0.39 is 0 Å². The molecule has 0 atom stereocenters. The first kappa shape index (κ1) is 13.3. The monoisotopic (exact) mass is 291 g/mol. The van der Waals surface area contributed by atoms with E-state index in [0.29, 0.717) is 17.5 Å². The Balaban J connectivity index is 1.84. The third kappa shape index (κ3) is 2.76. The molecule has 0 unspecified atom stereocenters. The molecule has 1 fully saturated rings. The van der Waals surface area contributed by atoms with Gasteiger partial charge in [0.05, 0.1) is 19.8 Å². The third-order valence-electron chi connectivity index (χ3n) is 3.22. The van der Waals surface area contributed by atoms with Crippen LogP contribution in [0.5, 0.6) is 11.5 Å². The summed E-state index contributed by atoms with van der Waals surface area (Å²) in [5.74, 6) is 1.41. The number of rotatable bonds is 6. The predicted octanol–water partition coefficient (Wildman–Crippen LogP) is 2.47. The van der Waals surface area contributed by atoms with Crippen molar-refractivity contribution in [3.63, 3.8) is 0 Å². The lowest BCUT2D eigenvalue weighted by Crippen LogP contribution is -2.14. The number of hydrogen-bond donors (Lipinski definition) is 1. The Morgan fingerprint density at radius 3 is 2.80 bits per heavy atom. The average Bonchev–Trinajstić information content (AvgIpc) is 3.21. The van der Waals surface area contributed by atoms with E-state index in [2.05, 4.69) is 15.5 Å². The molecule has 1 saturated carbocycles. The van der Waals surface area contributed by atoms with Crippen molar-refractivity contribution < 1.29 is 9.47 Å². The van der Waals surface area contributed by atoms with Gasteiger partial charge in [-0.15, -0.1) is 10.2 Å². The number of hydrogen-bond acceptors (Lipinski definition) is 6. The summed E-state index contributed by atoms with van der Waals surface area (Å²) in [6.45, 7) is 0.786. The standard InChI is InChI=1S/C14H17N3O2S/c1-18-11-5-3-4-10(13(11)19-2)14-17-16-12(20-14)8-15-9-6-7-9/h3-5,9,15H,6-8H2,1-2H3. The maximum atomic E-state index is 5.44.